The van der Waals surface area contributed by atoms with E-state index in [0.717, 1.165) is 16.7 Å². The minimum Gasteiger partial charge on any atom is -0.326 e. The van der Waals surface area contributed by atoms with E-state index in [0.29, 0.717) is 12.6 Å². The lowest BCUT2D eigenvalue weighted by Crippen LogP contribution is -2.22. The number of hydrogen-bond acceptors (Lipinski definition) is 2. The van der Waals surface area contributed by atoms with Gasteiger partial charge in [0.05, 0.1) is 0 Å². The molecule has 0 amide bonds. The lowest BCUT2D eigenvalue weighted by molar-refractivity contribution is 0.704. The molecule has 2 heteroatoms. The van der Waals surface area contributed by atoms with Crippen LogP contribution in [0.15, 0.2) is 54.6 Å². The van der Waals surface area contributed by atoms with Crippen LogP contribution < -0.4 is 11.1 Å². The number of nitrogens with one attached hydrogen (secondary N) is 1. The van der Waals surface area contributed by atoms with Gasteiger partial charge in [-0.3, -0.25) is 0 Å². The highest BCUT2D eigenvalue weighted by atomic mass is 14.9. The van der Waals surface area contributed by atoms with Crippen LogP contribution in [0.4, 0.5) is 0 Å². The average Bonchev–Trinajstić information content (AvgIpc) is 2.47. The molecule has 0 fully saturated rings. The number of allylic oxidation sites excluding steroid dienone is 3. The zero-order valence-corrected chi connectivity index (χ0v) is 12.1. The van der Waals surface area contributed by atoms with Crippen molar-refractivity contribution in [3.8, 4) is 0 Å². The van der Waals surface area contributed by atoms with Crippen LogP contribution in [0.2, 0.25) is 0 Å². The molecule has 1 atom stereocenters. The second-order valence-electron chi connectivity index (χ2n) is 4.51. The van der Waals surface area contributed by atoms with Crippen molar-refractivity contribution in [2.45, 2.75) is 26.4 Å². The molecular formula is C17H24N2. The molecule has 0 radical (unpaired) electrons. The summed E-state index contributed by atoms with van der Waals surface area (Å²) in [4.78, 5) is 0. The maximum absolute atomic E-state index is 5.69. The first kappa shape index (κ1) is 15.4. The number of rotatable bonds is 6. The average molecular weight is 256 g/mol. The predicted molar refractivity (Wildman–Crippen MR) is 84.8 cm³/mol. The van der Waals surface area contributed by atoms with Crippen LogP contribution in [0.3, 0.4) is 0 Å². The van der Waals surface area contributed by atoms with Crippen molar-refractivity contribution in [1.82, 2.24) is 5.32 Å². The first-order valence-electron chi connectivity index (χ1n) is 6.63. The van der Waals surface area contributed by atoms with Crippen LogP contribution in [0, 0.1) is 0 Å². The van der Waals surface area contributed by atoms with E-state index in [1.807, 2.05) is 25.3 Å². The van der Waals surface area contributed by atoms with Crippen molar-refractivity contribution in [1.29, 1.82) is 0 Å². The van der Waals surface area contributed by atoms with Gasteiger partial charge >= 0.3 is 0 Å². The minimum absolute atomic E-state index is 0.317. The first-order valence-corrected chi connectivity index (χ1v) is 6.63. The smallest absolute Gasteiger partial charge is 0.0285 e. The molecule has 0 spiro atoms. The predicted octanol–water partition coefficient (Wildman–Crippen LogP) is 3.27. The lowest BCUT2D eigenvalue weighted by atomic mass is 9.98. The van der Waals surface area contributed by atoms with Crippen LogP contribution in [0.5, 0.6) is 0 Å². The number of likely N-dealkylation sites (N-methyl/N-ethyl adjacent to an activating group) is 1. The quantitative estimate of drug-likeness (QED) is 0.767. The normalized spacial score (nSPS) is 14.3. The fourth-order valence-electron chi connectivity index (χ4n) is 1.94. The molecule has 0 aliphatic rings. The van der Waals surface area contributed by atoms with E-state index in [2.05, 4.69) is 50.0 Å². The van der Waals surface area contributed by atoms with Crippen molar-refractivity contribution in [2.24, 2.45) is 5.73 Å². The van der Waals surface area contributed by atoms with E-state index in [1.54, 1.807) is 0 Å². The van der Waals surface area contributed by atoms with Gasteiger partial charge in [0.2, 0.25) is 0 Å². The molecule has 1 unspecified atom stereocenters. The van der Waals surface area contributed by atoms with E-state index >= 15 is 0 Å². The van der Waals surface area contributed by atoms with Crippen molar-refractivity contribution >= 4 is 5.57 Å². The van der Waals surface area contributed by atoms with E-state index < -0.39 is 0 Å². The third-order valence-electron chi connectivity index (χ3n) is 3.30. The Labute approximate surface area is 116 Å². The van der Waals surface area contributed by atoms with E-state index in [9.17, 15) is 0 Å². The van der Waals surface area contributed by atoms with Crippen molar-refractivity contribution in [3.63, 3.8) is 0 Å². The van der Waals surface area contributed by atoms with Crippen molar-refractivity contribution in [3.05, 3.63) is 65.8 Å². The largest absolute Gasteiger partial charge is 0.326 e. The minimum atomic E-state index is 0.317. The SMILES string of the molecule is C=C/C(=C\C(=C/C)C(C)NC)c1cccc(CN)c1. The van der Waals surface area contributed by atoms with Gasteiger partial charge in [0.15, 0.2) is 0 Å². The summed E-state index contributed by atoms with van der Waals surface area (Å²) in [7, 11) is 1.96. The van der Waals surface area contributed by atoms with E-state index in [4.69, 9.17) is 5.73 Å². The Morgan fingerprint density at radius 2 is 2.21 bits per heavy atom. The van der Waals surface area contributed by atoms with Gasteiger partial charge < -0.3 is 11.1 Å². The molecule has 0 aliphatic heterocycles. The van der Waals surface area contributed by atoms with Gasteiger partial charge in [-0.1, -0.05) is 36.9 Å². The van der Waals surface area contributed by atoms with Gasteiger partial charge in [-0.05, 0) is 55.3 Å². The summed E-state index contributed by atoms with van der Waals surface area (Å²) in [6.07, 6.45) is 6.18. The van der Waals surface area contributed by atoms with Crippen LogP contribution in [-0.2, 0) is 6.54 Å². The molecule has 0 saturated heterocycles. The molecule has 0 aliphatic carbocycles. The highest BCUT2D eigenvalue weighted by molar-refractivity contribution is 5.76. The molecule has 0 bridgehead atoms. The monoisotopic (exact) mass is 256 g/mol. The third-order valence-corrected chi connectivity index (χ3v) is 3.30. The molecule has 2 nitrogen and oxygen atoms in total. The fourth-order valence-corrected chi connectivity index (χ4v) is 1.94. The maximum atomic E-state index is 5.69. The van der Waals surface area contributed by atoms with Gasteiger partial charge in [-0.15, -0.1) is 0 Å². The number of benzene rings is 1. The molecule has 1 aromatic carbocycles. The second-order valence-corrected chi connectivity index (χ2v) is 4.51. The lowest BCUT2D eigenvalue weighted by Gasteiger charge is -2.13. The Hall–Kier alpha value is -1.64. The van der Waals surface area contributed by atoms with Gasteiger partial charge in [0, 0.05) is 12.6 Å². The van der Waals surface area contributed by atoms with E-state index in [1.165, 1.54) is 5.57 Å². The van der Waals surface area contributed by atoms with Crippen molar-refractivity contribution < 1.29 is 0 Å². The second kappa shape index (κ2) is 7.72. The van der Waals surface area contributed by atoms with Crippen LogP contribution in [-0.4, -0.2) is 13.1 Å². The Kier molecular flexibility index (Phi) is 6.26. The summed E-state index contributed by atoms with van der Waals surface area (Å²) >= 11 is 0. The summed E-state index contributed by atoms with van der Waals surface area (Å²) in [6, 6.07) is 8.59. The van der Waals surface area contributed by atoms with Gasteiger partial charge in [0.1, 0.15) is 0 Å². The molecule has 1 rings (SSSR count). The Morgan fingerprint density at radius 1 is 1.47 bits per heavy atom. The topological polar surface area (TPSA) is 38.0 Å². The molecule has 0 saturated carbocycles. The van der Waals surface area contributed by atoms with Crippen LogP contribution in [0.1, 0.15) is 25.0 Å². The van der Waals surface area contributed by atoms with Crippen LogP contribution in [0.25, 0.3) is 5.57 Å². The Morgan fingerprint density at radius 3 is 2.74 bits per heavy atom. The van der Waals surface area contributed by atoms with Gasteiger partial charge in [-0.2, -0.15) is 0 Å². The molecule has 0 aromatic heterocycles. The molecule has 3 N–H and O–H groups in total. The summed E-state index contributed by atoms with van der Waals surface area (Å²) in [5.41, 5.74) is 10.3. The molecular weight excluding hydrogens is 232 g/mol. The zero-order chi connectivity index (χ0) is 14.3. The van der Waals surface area contributed by atoms with Crippen molar-refractivity contribution in [2.75, 3.05) is 7.05 Å². The highest BCUT2D eigenvalue weighted by Crippen LogP contribution is 2.20. The standard InChI is InChI=1S/C17H24N2/c1-5-15(13(3)19-4)11-16(6-2)17-9-7-8-14(10-17)12-18/h5-11,13,19H,2,12,18H2,1,3-4H3/b15-5+,16-11+. The summed E-state index contributed by atoms with van der Waals surface area (Å²) < 4.78 is 0. The first-order chi connectivity index (χ1) is 9.15. The Balaban J connectivity index is 3.15. The third kappa shape index (κ3) is 4.19. The number of nitrogens with two attached hydrogens (primary N) is 1. The van der Waals surface area contributed by atoms with Gasteiger partial charge in [-0.25, -0.2) is 0 Å². The summed E-state index contributed by atoms with van der Waals surface area (Å²) in [5, 5.41) is 3.25. The maximum Gasteiger partial charge on any atom is 0.0285 e. The van der Waals surface area contributed by atoms with Crippen LogP contribution >= 0.6 is 0 Å². The zero-order valence-electron chi connectivity index (χ0n) is 12.1. The molecule has 19 heavy (non-hydrogen) atoms. The summed E-state index contributed by atoms with van der Waals surface area (Å²) in [5.74, 6) is 0. The van der Waals surface area contributed by atoms with Gasteiger partial charge in [0.25, 0.3) is 0 Å². The Bertz CT molecular complexity index is 484. The molecule has 1 aromatic rings. The molecule has 102 valence electrons. The fraction of sp³-hybridized carbons (Fsp3) is 0.294. The highest BCUT2D eigenvalue weighted by Gasteiger charge is 2.05. The molecule has 0 heterocycles. The number of hydrogen-bond donors (Lipinski definition) is 2. The van der Waals surface area contributed by atoms with E-state index in [-0.39, 0.29) is 0 Å². The summed E-state index contributed by atoms with van der Waals surface area (Å²) in [6.45, 7) is 8.67.